The Morgan fingerprint density at radius 1 is 0.913 bits per heavy atom. The van der Waals surface area contributed by atoms with Crippen molar-refractivity contribution in [2.75, 3.05) is 0 Å². The zero-order valence-corrected chi connectivity index (χ0v) is 13.3. The molecule has 0 aromatic heterocycles. The van der Waals surface area contributed by atoms with E-state index in [2.05, 4.69) is 30.3 Å². The number of carbonyl (C=O) groups excluding carboxylic acids is 1. The normalized spacial score (nSPS) is 10.7. The van der Waals surface area contributed by atoms with Crippen molar-refractivity contribution in [3.05, 3.63) is 77.9 Å². The van der Waals surface area contributed by atoms with Gasteiger partial charge in [0.15, 0.2) is 5.78 Å². The standard InChI is InChI=1S/C21H20O2/c1-2-6-21(22)19-9-5-10-20(14-19)23-15-16-11-12-17-7-3-4-8-18(17)13-16/h3-5,7-14H,2,6,15H2,1H3. The van der Waals surface area contributed by atoms with Gasteiger partial charge < -0.3 is 4.74 Å². The van der Waals surface area contributed by atoms with E-state index in [1.54, 1.807) is 0 Å². The molecule has 3 aromatic carbocycles. The van der Waals surface area contributed by atoms with Crippen LogP contribution in [-0.4, -0.2) is 5.78 Å². The molecule has 0 fully saturated rings. The predicted molar refractivity (Wildman–Crippen MR) is 94.0 cm³/mol. The van der Waals surface area contributed by atoms with E-state index < -0.39 is 0 Å². The molecule has 0 bridgehead atoms. The molecule has 0 aliphatic heterocycles. The summed E-state index contributed by atoms with van der Waals surface area (Å²) in [7, 11) is 0. The van der Waals surface area contributed by atoms with Crippen LogP contribution in [0.2, 0.25) is 0 Å². The van der Waals surface area contributed by atoms with Gasteiger partial charge in [0.2, 0.25) is 0 Å². The van der Waals surface area contributed by atoms with Crippen LogP contribution >= 0.6 is 0 Å². The van der Waals surface area contributed by atoms with Gasteiger partial charge >= 0.3 is 0 Å². The van der Waals surface area contributed by atoms with E-state index in [0.29, 0.717) is 13.0 Å². The second kappa shape index (κ2) is 7.10. The molecule has 0 saturated heterocycles. The van der Waals surface area contributed by atoms with Gasteiger partial charge in [-0.15, -0.1) is 0 Å². The monoisotopic (exact) mass is 304 g/mol. The zero-order chi connectivity index (χ0) is 16.1. The molecular weight excluding hydrogens is 284 g/mol. The first kappa shape index (κ1) is 15.3. The van der Waals surface area contributed by atoms with E-state index in [-0.39, 0.29) is 5.78 Å². The van der Waals surface area contributed by atoms with Gasteiger partial charge in [-0.3, -0.25) is 4.79 Å². The van der Waals surface area contributed by atoms with E-state index in [1.807, 2.05) is 43.3 Å². The third-order valence-electron chi connectivity index (χ3n) is 3.85. The first-order valence-corrected chi connectivity index (χ1v) is 8.00. The van der Waals surface area contributed by atoms with Gasteiger partial charge in [0.1, 0.15) is 12.4 Å². The van der Waals surface area contributed by atoms with Gasteiger partial charge in [-0.05, 0) is 41.0 Å². The molecule has 0 unspecified atom stereocenters. The van der Waals surface area contributed by atoms with Crippen LogP contribution in [-0.2, 0) is 6.61 Å². The van der Waals surface area contributed by atoms with Crippen molar-refractivity contribution in [3.8, 4) is 5.75 Å². The minimum Gasteiger partial charge on any atom is -0.489 e. The van der Waals surface area contributed by atoms with Crippen molar-refractivity contribution in [2.24, 2.45) is 0 Å². The summed E-state index contributed by atoms with van der Waals surface area (Å²) < 4.78 is 5.86. The van der Waals surface area contributed by atoms with Crippen LogP contribution in [0.4, 0.5) is 0 Å². The van der Waals surface area contributed by atoms with Gasteiger partial charge in [-0.25, -0.2) is 0 Å². The molecule has 2 heteroatoms. The smallest absolute Gasteiger partial charge is 0.162 e. The molecule has 0 amide bonds. The fourth-order valence-corrected chi connectivity index (χ4v) is 2.63. The topological polar surface area (TPSA) is 26.3 Å². The SMILES string of the molecule is CCCC(=O)c1cccc(OCc2ccc3ccccc3c2)c1. The Morgan fingerprint density at radius 2 is 1.74 bits per heavy atom. The highest BCUT2D eigenvalue weighted by molar-refractivity contribution is 5.96. The fourth-order valence-electron chi connectivity index (χ4n) is 2.63. The highest BCUT2D eigenvalue weighted by Gasteiger charge is 2.06. The average molecular weight is 304 g/mol. The molecule has 23 heavy (non-hydrogen) atoms. The Morgan fingerprint density at radius 3 is 2.57 bits per heavy atom. The summed E-state index contributed by atoms with van der Waals surface area (Å²) in [5.74, 6) is 0.906. The van der Waals surface area contributed by atoms with Crippen LogP contribution in [0.1, 0.15) is 35.7 Å². The number of carbonyl (C=O) groups is 1. The lowest BCUT2D eigenvalue weighted by Gasteiger charge is -2.09. The maximum Gasteiger partial charge on any atom is 0.162 e. The molecule has 2 nitrogen and oxygen atoms in total. The molecule has 0 saturated carbocycles. The van der Waals surface area contributed by atoms with Crippen molar-refractivity contribution in [3.63, 3.8) is 0 Å². The number of hydrogen-bond acceptors (Lipinski definition) is 2. The van der Waals surface area contributed by atoms with E-state index in [0.717, 1.165) is 23.3 Å². The number of Topliss-reactive ketones (excluding diaryl/α,β-unsaturated/α-hetero) is 1. The van der Waals surface area contributed by atoms with Crippen molar-refractivity contribution in [1.29, 1.82) is 0 Å². The summed E-state index contributed by atoms with van der Waals surface area (Å²) in [6, 6.07) is 22.0. The lowest BCUT2D eigenvalue weighted by molar-refractivity contribution is 0.0981. The molecule has 0 aliphatic rings. The van der Waals surface area contributed by atoms with Gasteiger partial charge in [0.05, 0.1) is 0 Å². The number of fused-ring (bicyclic) bond motifs is 1. The van der Waals surface area contributed by atoms with Crippen LogP contribution in [0.3, 0.4) is 0 Å². The lowest BCUT2D eigenvalue weighted by atomic mass is 10.1. The summed E-state index contributed by atoms with van der Waals surface area (Å²) in [5, 5.41) is 2.43. The third-order valence-corrected chi connectivity index (χ3v) is 3.85. The van der Waals surface area contributed by atoms with E-state index in [1.165, 1.54) is 10.8 Å². The van der Waals surface area contributed by atoms with E-state index >= 15 is 0 Å². The first-order valence-electron chi connectivity index (χ1n) is 8.00. The van der Waals surface area contributed by atoms with Crippen LogP contribution in [0.15, 0.2) is 66.7 Å². The second-order valence-electron chi connectivity index (χ2n) is 5.67. The van der Waals surface area contributed by atoms with Gasteiger partial charge in [-0.2, -0.15) is 0 Å². The highest BCUT2D eigenvalue weighted by Crippen LogP contribution is 2.19. The molecule has 0 spiro atoms. The Labute approximate surface area is 136 Å². The maximum absolute atomic E-state index is 12.0. The van der Waals surface area contributed by atoms with Crippen LogP contribution in [0.5, 0.6) is 5.75 Å². The largest absolute Gasteiger partial charge is 0.489 e. The predicted octanol–water partition coefficient (Wildman–Crippen LogP) is 5.40. The molecule has 116 valence electrons. The molecule has 3 aromatic rings. The van der Waals surface area contributed by atoms with Crippen molar-refractivity contribution >= 4 is 16.6 Å². The summed E-state index contributed by atoms with van der Waals surface area (Å²) in [6.45, 7) is 2.51. The minimum absolute atomic E-state index is 0.170. The third kappa shape index (κ3) is 3.78. The van der Waals surface area contributed by atoms with Crippen molar-refractivity contribution in [2.45, 2.75) is 26.4 Å². The van der Waals surface area contributed by atoms with Gasteiger partial charge in [0.25, 0.3) is 0 Å². The summed E-state index contributed by atoms with van der Waals surface area (Å²) in [4.78, 5) is 12.0. The number of hydrogen-bond donors (Lipinski definition) is 0. The number of benzene rings is 3. The van der Waals surface area contributed by atoms with Crippen LogP contribution in [0.25, 0.3) is 10.8 Å². The fraction of sp³-hybridized carbons (Fsp3) is 0.190. The van der Waals surface area contributed by atoms with Gasteiger partial charge in [0, 0.05) is 12.0 Å². The molecule has 0 aliphatic carbocycles. The quantitative estimate of drug-likeness (QED) is 0.570. The Balaban J connectivity index is 1.72. The average Bonchev–Trinajstić information content (AvgIpc) is 2.60. The molecular formula is C21H20O2. The number of ketones is 1. The van der Waals surface area contributed by atoms with E-state index in [9.17, 15) is 4.79 Å². The van der Waals surface area contributed by atoms with Crippen LogP contribution in [0, 0.1) is 0 Å². The Bertz CT molecular complexity index is 821. The summed E-state index contributed by atoms with van der Waals surface area (Å²) >= 11 is 0. The zero-order valence-electron chi connectivity index (χ0n) is 13.3. The number of ether oxygens (including phenoxy) is 1. The minimum atomic E-state index is 0.170. The summed E-state index contributed by atoms with van der Waals surface area (Å²) in [6.07, 6.45) is 1.44. The van der Waals surface area contributed by atoms with Crippen molar-refractivity contribution in [1.82, 2.24) is 0 Å². The van der Waals surface area contributed by atoms with Crippen molar-refractivity contribution < 1.29 is 9.53 Å². The van der Waals surface area contributed by atoms with Crippen LogP contribution < -0.4 is 4.74 Å². The summed E-state index contributed by atoms with van der Waals surface area (Å²) in [5.41, 5.74) is 1.84. The van der Waals surface area contributed by atoms with E-state index in [4.69, 9.17) is 4.74 Å². The molecule has 0 atom stereocenters. The molecule has 0 N–H and O–H groups in total. The first-order chi connectivity index (χ1) is 11.3. The molecule has 3 rings (SSSR count). The maximum atomic E-state index is 12.0. The number of rotatable bonds is 6. The van der Waals surface area contributed by atoms with Gasteiger partial charge in [-0.1, -0.05) is 55.5 Å². The Hall–Kier alpha value is -2.61. The lowest BCUT2D eigenvalue weighted by Crippen LogP contribution is -2.00. The second-order valence-corrected chi connectivity index (χ2v) is 5.67. The highest BCUT2D eigenvalue weighted by atomic mass is 16.5. The molecule has 0 heterocycles. The Kier molecular flexibility index (Phi) is 4.72. The molecule has 0 radical (unpaired) electrons.